The smallest absolute Gasteiger partial charge is 0.144 e. The standard InChI is InChI=1S/C17H30N2O/c1-9-5-10(2)16-11(6-9)15(18)14-12(19-16)7-17(3,4)8-13(14)20/h9-12,14-16,19H,5-8,18H2,1-4H3/p+1. The lowest BCUT2D eigenvalue weighted by molar-refractivity contribution is -0.752. The molecular formula is C17H31N2O+. The fraction of sp³-hybridized carbons (Fsp3) is 0.941. The van der Waals surface area contributed by atoms with Crippen LogP contribution in [0.4, 0.5) is 0 Å². The summed E-state index contributed by atoms with van der Waals surface area (Å²) in [6.45, 7) is 9.20. The molecule has 114 valence electrons. The van der Waals surface area contributed by atoms with E-state index in [1.54, 1.807) is 0 Å². The van der Waals surface area contributed by atoms with Crippen molar-refractivity contribution < 1.29 is 10.1 Å². The Morgan fingerprint density at radius 3 is 2.65 bits per heavy atom. The monoisotopic (exact) mass is 279 g/mol. The van der Waals surface area contributed by atoms with Crippen LogP contribution in [-0.2, 0) is 4.79 Å². The van der Waals surface area contributed by atoms with Gasteiger partial charge in [-0.25, -0.2) is 0 Å². The quantitative estimate of drug-likeness (QED) is 0.702. The van der Waals surface area contributed by atoms with Crippen molar-refractivity contribution in [2.45, 2.75) is 71.5 Å². The third-order valence-electron chi connectivity index (χ3n) is 6.25. The molecule has 3 aliphatic rings. The molecule has 2 aliphatic carbocycles. The van der Waals surface area contributed by atoms with Crippen LogP contribution in [0.2, 0.25) is 0 Å². The van der Waals surface area contributed by atoms with E-state index in [-0.39, 0.29) is 17.4 Å². The summed E-state index contributed by atoms with van der Waals surface area (Å²) in [7, 11) is 0. The maximum absolute atomic E-state index is 12.6. The largest absolute Gasteiger partial charge is 0.340 e. The van der Waals surface area contributed by atoms with Crippen LogP contribution in [0.3, 0.4) is 0 Å². The minimum Gasteiger partial charge on any atom is -0.340 e. The molecule has 3 heteroatoms. The van der Waals surface area contributed by atoms with Gasteiger partial charge in [-0.05, 0) is 24.2 Å². The van der Waals surface area contributed by atoms with Crippen LogP contribution in [-0.4, -0.2) is 23.9 Å². The fourth-order valence-corrected chi connectivity index (χ4v) is 5.58. The molecular weight excluding hydrogens is 248 g/mol. The molecule has 1 aliphatic heterocycles. The number of piperidine rings is 1. The summed E-state index contributed by atoms with van der Waals surface area (Å²) in [5.41, 5.74) is 6.77. The van der Waals surface area contributed by atoms with Crippen LogP contribution in [0, 0.1) is 29.1 Å². The summed E-state index contributed by atoms with van der Waals surface area (Å²) in [4.78, 5) is 12.6. The molecule has 0 bridgehead atoms. The summed E-state index contributed by atoms with van der Waals surface area (Å²) in [6.07, 6.45) is 4.40. The molecule has 4 N–H and O–H groups in total. The van der Waals surface area contributed by atoms with Crippen LogP contribution in [0.1, 0.15) is 53.4 Å². The van der Waals surface area contributed by atoms with Gasteiger partial charge in [0.15, 0.2) is 0 Å². The summed E-state index contributed by atoms with van der Waals surface area (Å²) < 4.78 is 0. The lowest BCUT2D eigenvalue weighted by atomic mass is 9.58. The Morgan fingerprint density at radius 2 is 1.95 bits per heavy atom. The Morgan fingerprint density at radius 1 is 1.25 bits per heavy atom. The minimum absolute atomic E-state index is 0.101. The minimum atomic E-state index is 0.101. The van der Waals surface area contributed by atoms with Gasteiger partial charge in [-0.15, -0.1) is 0 Å². The molecule has 20 heavy (non-hydrogen) atoms. The summed E-state index contributed by atoms with van der Waals surface area (Å²) in [6, 6.07) is 1.17. The first-order chi connectivity index (χ1) is 9.28. The van der Waals surface area contributed by atoms with Gasteiger partial charge in [-0.2, -0.15) is 0 Å². The lowest BCUT2D eigenvalue weighted by Gasteiger charge is -2.52. The van der Waals surface area contributed by atoms with E-state index in [2.05, 4.69) is 33.0 Å². The van der Waals surface area contributed by atoms with E-state index < -0.39 is 0 Å². The first-order valence-corrected chi connectivity index (χ1v) is 8.42. The third kappa shape index (κ3) is 2.33. The number of nitrogens with two attached hydrogens (primary N) is 2. The number of quaternary nitrogens is 1. The van der Waals surface area contributed by atoms with Crippen LogP contribution in [0.5, 0.6) is 0 Å². The summed E-state index contributed by atoms with van der Waals surface area (Å²) in [5.74, 6) is 2.58. The molecule has 3 fully saturated rings. The van der Waals surface area contributed by atoms with Gasteiger partial charge in [0.2, 0.25) is 0 Å². The first-order valence-electron chi connectivity index (χ1n) is 8.42. The average molecular weight is 279 g/mol. The zero-order chi connectivity index (χ0) is 14.7. The van der Waals surface area contributed by atoms with E-state index in [4.69, 9.17) is 5.73 Å². The number of fused-ring (bicyclic) bond motifs is 2. The Bertz CT molecular complexity index is 406. The number of carbonyl (C=O) groups excluding carboxylic acids is 1. The Labute approximate surface area is 123 Å². The van der Waals surface area contributed by atoms with E-state index in [1.165, 1.54) is 12.8 Å². The second-order valence-corrected chi connectivity index (χ2v) is 8.77. The number of rotatable bonds is 0. The normalized spacial score (nSPS) is 51.2. The van der Waals surface area contributed by atoms with E-state index in [0.717, 1.165) is 24.7 Å². The van der Waals surface area contributed by atoms with Crippen molar-refractivity contribution in [3.63, 3.8) is 0 Å². The van der Waals surface area contributed by atoms with Crippen molar-refractivity contribution >= 4 is 5.78 Å². The average Bonchev–Trinajstić information content (AvgIpc) is 2.28. The Hall–Kier alpha value is -0.410. The van der Waals surface area contributed by atoms with Gasteiger partial charge >= 0.3 is 0 Å². The molecule has 0 spiro atoms. The predicted octanol–water partition coefficient (Wildman–Crippen LogP) is 1.32. The van der Waals surface area contributed by atoms with Gasteiger partial charge in [0, 0.05) is 30.7 Å². The molecule has 0 radical (unpaired) electrons. The van der Waals surface area contributed by atoms with Crippen LogP contribution in [0.15, 0.2) is 0 Å². The Kier molecular flexibility index (Phi) is 3.49. The van der Waals surface area contributed by atoms with Gasteiger partial charge in [-0.1, -0.05) is 27.7 Å². The highest BCUT2D eigenvalue weighted by atomic mass is 16.1. The van der Waals surface area contributed by atoms with Gasteiger partial charge in [0.1, 0.15) is 5.78 Å². The third-order valence-corrected chi connectivity index (χ3v) is 6.25. The van der Waals surface area contributed by atoms with Crippen molar-refractivity contribution in [1.82, 2.24) is 0 Å². The van der Waals surface area contributed by atoms with Gasteiger partial charge in [0.05, 0.1) is 18.0 Å². The molecule has 7 atom stereocenters. The molecule has 7 unspecified atom stereocenters. The SMILES string of the molecule is CC1CC(C)C2[NH2+]C3CC(C)(C)CC(=O)C3C(N)C2C1. The van der Waals surface area contributed by atoms with E-state index in [9.17, 15) is 4.79 Å². The van der Waals surface area contributed by atoms with E-state index in [0.29, 0.717) is 23.8 Å². The van der Waals surface area contributed by atoms with Crippen molar-refractivity contribution in [1.29, 1.82) is 0 Å². The lowest BCUT2D eigenvalue weighted by Crippen LogP contribution is -3.03. The van der Waals surface area contributed by atoms with E-state index in [1.807, 2.05) is 0 Å². The fourth-order valence-electron chi connectivity index (χ4n) is 5.58. The summed E-state index contributed by atoms with van der Waals surface area (Å²) >= 11 is 0. The number of carbonyl (C=O) groups is 1. The highest BCUT2D eigenvalue weighted by Gasteiger charge is 2.55. The van der Waals surface area contributed by atoms with Gasteiger partial charge in [0.25, 0.3) is 0 Å². The van der Waals surface area contributed by atoms with E-state index >= 15 is 0 Å². The zero-order valence-electron chi connectivity index (χ0n) is 13.4. The van der Waals surface area contributed by atoms with Crippen molar-refractivity contribution in [3.05, 3.63) is 0 Å². The number of hydrogen-bond acceptors (Lipinski definition) is 2. The number of ketones is 1. The topological polar surface area (TPSA) is 59.7 Å². The molecule has 0 aromatic rings. The van der Waals surface area contributed by atoms with Crippen molar-refractivity contribution in [2.24, 2.45) is 34.8 Å². The van der Waals surface area contributed by atoms with Gasteiger partial charge < -0.3 is 11.1 Å². The maximum Gasteiger partial charge on any atom is 0.144 e. The highest BCUT2D eigenvalue weighted by Crippen LogP contribution is 2.43. The molecule has 1 saturated heterocycles. The molecule has 0 amide bonds. The number of hydrogen-bond donors (Lipinski definition) is 2. The highest BCUT2D eigenvalue weighted by molar-refractivity contribution is 5.84. The van der Waals surface area contributed by atoms with Crippen LogP contribution >= 0.6 is 0 Å². The number of Topliss-reactive ketones (excluding diaryl/α,β-unsaturated/α-hetero) is 1. The molecule has 2 saturated carbocycles. The Balaban J connectivity index is 1.86. The van der Waals surface area contributed by atoms with Crippen molar-refractivity contribution in [2.75, 3.05) is 0 Å². The molecule has 0 aromatic carbocycles. The van der Waals surface area contributed by atoms with Crippen molar-refractivity contribution in [3.8, 4) is 0 Å². The second kappa shape index (κ2) is 4.81. The predicted molar refractivity (Wildman–Crippen MR) is 80.0 cm³/mol. The van der Waals surface area contributed by atoms with Crippen LogP contribution < -0.4 is 11.1 Å². The van der Waals surface area contributed by atoms with Gasteiger partial charge in [-0.3, -0.25) is 4.79 Å². The second-order valence-electron chi connectivity index (χ2n) is 8.77. The molecule has 1 heterocycles. The zero-order valence-corrected chi connectivity index (χ0v) is 13.4. The molecule has 0 aromatic heterocycles. The molecule has 3 rings (SSSR count). The summed E-state index contributed by atoms with van der Waals surface area (Å²) in [5, 5.41) is 2.55. The molecule has 3 nitrogen and oxygen atoms in total. The van der Waals surface area contributed by atoms with Crippen LogP contribution in [0.25, 0.3) is 0 Å². The first kappa shape index (κ1) is 14.5. The maximum atomic E-state index is 12.6.